The summed E-state index contributed by atoms with van der Waals surface area (Å²) in [5, 5.41) is 22.1. The molecule has 21 heavy (non-hydrogen) atoms. The van der Waals surface area contributed by atoms with Crippen LogP contribution in [-0.2, 0) is 6.61 Å². The smallest absolute Gasteiger partial charge is 0.223 e. The van der Waals surface area contributed by atoms with Crippen LogP contribution >= 0.6 is 15.9 Å². The highest BCUT2D eigenvalue weighted by atomic mass is 79.9. The maximum absolute atomic E-state index is 9.12. The molecule has 0 bridgehead atoms. The van der Waals surface area contributed by atoms with Gasteiger partial charge in [-0.25, -0.2) is 9.97 Å². The Hall–Kier alpha value is -2.50. The number of aliphatic hydroxyl groups is 1. The zero-order valence-electron chi connectivity index (χ0n) is 10.7. The van der Waals surface area contributed by atoms with Gasteiger partial charge >= 0.3 is 0 Å². The van der Waals surface area contributed by atoms with Crippen LogP contribution in [-0.4, -0.2) is 24.7 Å². The van der Waals surface area contributed by atoms with Gasteiger partial charge < -0.3 is 10.8 Å². The van der Waals surface area contributed by atoms with E-state index in [0.29, 0.717) is 21.4 Å². The van der Waals surface area contributed by atoms with E-state index < -0.39 is 0 Å². The largest absolute Gasteiger partial charge is 0.388 e. The van der Waals surface area contributed by atoms with Crippen molar-refractivity contribution in [1.82, 2.24) is 19.6 Å². The minimum Gasteiger partial charge on any atom is -0.388 e. The van der Waals surface area contributed by atoms with Crippen molar-refractivity contribution in [2.24, 2.45) is 0 Å². The van der Waals surface area contributed by atoms with E-state index in [1.54, 1.807) is 18.2 Å². The minimum absolute atomic E-state index is 0.151. The molecule has 0 unspecified atom stereocenters. The van der Waals surface area contributed by atoms with Crippen molar-refractivity contribution in [3.8, 4) is 17.3 Å². The van der Waals surface area contributed by atoms with E-state index in [2.05, 4.69) is 37.1 Å². The van der Waals surface area contributed by atoms with E-state index >= 15 is 0 Å². The number of benzene rings is 1. The van der Waals surface area contributed by atoms with Crippen LogP contribution in [0.4, 0.5) is 5.95 Å². The molecule has 104 valence electrons. The van der Waals surface area contributed by atoms with Crippen molar-refractivity contribution >= 4 is 27.5 Å². The summed E-state index contributed by atoms with van der Waals surface area (Å²) in [4.78, 5) is 8.48. The first kappa shape index (κ1) is 13.5. The molecule has 0 aliphatic rings. The lowest BCUT2D eigenvalue weighted by Crippen LogP contribution is -2.04. The summed E-state index contributed by atoms with van der Waals surface area (Å²) in [6.07, 6.45) is 0. The molecule has 0 saturated carbocycles. The predicted octanol–water partition coefficient (Wildman–Crippen LogP) is 1.50. The molecule has 7 nitrogen and oxygen atoms in total. The van der Waals surface area contributed by atoms with Crippen molar-refractivity contribution < 1.29 is 5.11 Å². The normalized spacial score (nSPS) is 10.7. The van der Waals surface area contributed by atoms with Crippen molar-refractivity contribution in [2.45, 2.75) is 6.61 Å². The Balaban J connectivity index is 2.28. The topological polar surface area (TPSA) is 113 Å². The minimum atomic E-state index is -0.285. The van der Waals surface area contributed by atoms with Crippen molar-refractivity contribution in [2.75, 3.05) is 5.73 Å². The molecule has 3 N–H and O–H groups in total. The van der Waals surface area contributed by atoms with Crippen LogP contribution in [0.2, 0.25) is 0 Å². The fraction of sp³-hybridized carbons (Fsp3) is 0.0769. The van der Waals surface area contributed by atoms with E-state index in [0.717, 1.165) is 5.56 Å². The molecule has 2 heterocycles. The van der Waals surface area contributed by atoms with Gasteiger partial charge in [0.2, 0.25) is 5.95 Å². The summed E-state index contributed by atoms with van der Waals surface area (Å²) in [5.74, 6) is 0.407. The third-order valence-corrected chi connectivity index (χ3v) is 3.64. The standard InChI is InChI=1S/C13H9BrN6O/c14-10-11(8-3-1-2-7(4-8)5-15)18-13(16)20-12(10)17-9(6-21)19-20/h1-4,21H,6H2,(H2,16,18). The molecule has 2 aromatic heterocycles. The average molecular weight is 345 g/mol. The molecular weight excluding hydrogens is 336 g/mol. The van der Waals surface area contributed by atoms with E-state index in [9.17, 15) is 0 Å². The highest BCUT2D eigenvalue weighted by molar-refractivity contribution is 9.10. The number of anilines is 1. The maximum Gasteiger partial charge on any atom is 0.223 e. The molecule has 0 spiro atoms. The fourth-order valence-corrected chi connectivity index (χ4v) is 2.54. The fourth-order valence-electron chi connectivity index (χ4n) is 1.97. The number of nitrogen functional groups attached to an aromatic ring is 1. The van der Waals surface area contributed by atoms with E-state index in [4.69, 9.17) is 16.1 Å². The summed E-state index contributed by atoms with van der Waals surface area (Å²) < 4.78 is 1.95. The molecule has 0 aliphatic carbocycles. The third-order valence-electron chi connectivity index (χ3n) is 2.91. The number of nitriles is 1. The van der Waals surface area contributed by atoms with Crippen LogP contribution in [0.25, 0.3) is 16.9 Å². The quantitative estimate of drug-likeness (QED) is 0.728. The van der Waals surface area contributed by atoms with Gasteiger partial charge in [-0.2, -0.15) is 9.78 Å². The van der Waals surface area contributed by atoms with Crippen molar-refractivity contribution in [3.63, 3.8) is 0 Å². The molecular formula is C13H9BrN6O. The average Bonchev–Trinajstić information content (AvgIpc) is 2.96. The summed E-state index contributed by atoms with van der Waals surface area (Å²) in [5.41, 5.74) is 8.17. The molecule has 3 aromatic rings. The second kappa shape index (κ2) is 5.12. The Morgan fingerprint density at radius 2 is 2.19 bits per heavy atom. The highest BCUT2D eigenvalue weighted by Crippen LogP contribution is 2.31. The van der Waals surface area contributed by atoms with Gasteiger partial charge in [-0.05, 0) is 28.1 Å². The van der Waals surface area contributed by atoms with Crippen molar-refractivity contribution in [3.05, 3.63) is 40.1 Å². The summed E-state index contributed by atoms with van der Waals surface area (Å²) in [7, 11) is 0. The zero-order valence-corrected chi connectivity index (χ0v) is 12.2. The van der Waals surface area contributed by atoms with Crippen LogP contribution in [0.15, 0.2) is 28.7 Å². The van der Waals surface area contributed by atoms with E-state index in [1.807, 2.05) is 6.07 Å². The van der Waals surface area contributed by atoms with Gasteiger partial charge in [0.1, 0.15) is 6.61 Å². The second-order valence-corrected chi connectivity index (χ2v) is 5.04. The van der Waals surface area contributed by atoms with Gasteiger partial charge in [0.05, 0.1) is 21.8 Å². The Bertz CT molecular complexity index is 882. The van der Waals surface area contributed by atoms with E-state index in [1.165, 1.54) is 4.52 Å². The molecule has 0 atom stereocenters. The van der Waals surface area contributed by atoms with Gasteiger partial charge in [-0.15, -0.1) is 5.10 Å². The van der Waals surface area contributed by atoms with Gasteiger partial charge in [-0.1, -0.05) is 12.1 Å². The van der Waals surface area contributed by atoms with Gasteiger partial charge in [-0.3, -0.25) is 0 Å². The Morgan fingerprint density at radius 3 is 2.90 bits per heavy atom. The molecule has 8 heteroatoms. The van der Waals surface area contributed by atoms with Gasteiger partial charge in [0, 0.05) is 5.56 Å². The van der Waals surface area contributed by atoms with E-state index in [-0.39, 0.29) is 18.4 Å². The number of rotatable bonds is 2. The highest BCUT2D eigenvalue weighted by Gasteiger charge is 2.16. The number of aromatic nitrogens is 4. The number of nitrogens with two attached hydrogens (primary N) is 1. The summed E-state index contributed by atoms with van der Waals surface area (Å²) in [6, 6.07) is 9.10. The lowest BCUT2D eigenvalue weighted by molar-refractivity contribution is 0.271. The number of nitrogens with zero attached hydrogens (tertiary/aromatic N) is 5. The third kappa shape index (κ3) is 2.22. The van der Waals surface area contributed by atoms with Gasteiger partial charge in [0.25, 0.3) is 0 Å². The Kier molecular flexibility index (Phi) is 3.29. The molecule has 0 aliphatic heterocycles. The van der Waals surface area contributed by atoms with Crippen LogP contribution in [0.5, 0.6) is 0 Å². The molecule has 0 radical (unpaired) electrons. The SMILES string of the molecule is N#Cc1cccc(-c2nc(N)n3nc(CO)nc3c2Br)c1. The maximum atomic E-state index is 9.12. The van der Waals surface area contributed by atoms with Crippen LogP contribution < -0.4 is 5.73 Å². The number of fused-ring (bicyclic) bond motifs is 1. The van der Waals surface area contributed by atoms with Crippen LogP contribution in [0.1, 0.15) is 11.4 Å². The molecule has 0 amide bonds. The number of aliphatic hydroxyl groups excluding tert-OH is 1. The number of halogens is 1. The lowest BCUT2D eigenvalue weighted by atomic mass is 10.1. The second-order valence-electron chi connectivity index (χ2n) is 4.25. The summed E-state index contributed by atoms with van der Waals surface area (Å²) in [6.45, 7) is -0.285. The summed E-state index contributed by atoms with van der Waals surface area (Å²) >= 11 is 3.44. The number of hydrogen-bond acceptors (Lipinski definition) is 6. The van der Waals surface area contributed by atoms with Crippen molar-refractivity contribution in [1.29, 1.82) is 5.26 Å². The first-order valence-corrected chi connectivity index (χ1v) is 6.75. The number of hydrogen-bond donors (Lipinski definition) is 2. The first-order chi connectivity index (χ1) is 10.1. The molecule has 0 saturated heterocycles. The predicted molar refractivity (Wildman–Crippen MR) is 79.0 cm³/mol. The lowest BCUT2D eigenvalue weighted by Gasteiger charge is -2.07. The first-order valence-electron chi connectivity index (χ1n) is 5.96. The van der Waals surface area contributed by atoms with Crippen LogP contribution in [0.3, 0.4) is 0 Å². The molecule has 1 aromatic carbocycles. The Labute approximate surface area is 127 Å². The monoisotopic (exact) mass is 344 g/mol. The zero-order chi connectivity index (χ0) is 15.0. The molecule has 3 rings (SSSR count). The van der Waals surface area contributed by atoms with Crippen LogP contribution in [0, 0.1) is 11.3 Å². The Morgan fingerprint density at radius 1 is 1.38 bits per heavy atom. The van der Waals surface area contributed by atoms with Gasteiger partial charge in [0.15, 0.2) is 11.5 Å². The molecule has 0 fully saturated rings.